The van der Waals surface area contributed by atoms with Crippen LogP contribution in [0.5, 0.6) is 0 Å². The average Bonchev–Trinajstić information content (AvgIpc) is 3.06. The van der Waals surface area contributed by atoms with Gasteiger partial charge in [-0.15, -0.1) is 11.3 Å². The standard InChI is InChI=1S/C20H21NOSSi/c1-15-8-4-5-9-17(15)21(20-13-12-16(14-22)23-20)18-10-6-7-11-19(18)24(2)3/h4-14,24H,1-3H3. The molecule has 2 nitrogen and oxygen atoms in total. The third-order valence-corrected chi connectivity index (χ3v) is 6.83. The van der Waals surface area contributed by atoms with E-state index in [0.717, 1.165) is 16.2 Å². The Morgan fingerprint density at radius 3 is 2.21 bits per heavy atom. The number of hydrogen-bond acceptors (Lipinski definition) is 3. The first kappa shape index (κ1) is 16.7. The van der Waals surface area contributed by atoms with Gasteiger partial charge < -0.3 is 4.90 Å². The highest BCUT2D eigenvalue weighted by Crippen LogP contribution is 2.39. The van der Waals surface area contributed by atoms with Crippen LogP contribution in [0.1, 0.15) is 15.2 Å². The normalized spacial score (nSPS) is 10.8. The highest BCUT2D eigenvalue weighted by molar-refractivity contribution is 7.17. The fraction of sp³-hybridized carbons (Fsp3) is 0.150. The molecule has 0 aliphatic carbocycles. The fourth-order valence-corrected chi connectivity index (χ4v) is 5.05. The molecule has 0 atom stereocenters. The van der Waals surface area contributed by atoms with E-state index in [0.29, 0.717) is 0 Å². The van der Waals surface area contributed by atoms with Crippen molar-refractivity contribution in [3.8, 4) is 0 Å². The third-order valence-electron chi connectivity index (χ3n) is 4.11. The van der Waals surface area contributed by atoms with E-state index in [4.69, 9.17) is 0 Å². The molecule has 24 heavy (non-hydrogen) atoms. The molecule has 0 bridgehead atoms. The summed E-state index contributed by atoms with van der Waals surface area (Å²) >= 11 is 1.53. The van der Waals surface area contributed by atoms with Crippen molar-refractivity contribution >= 4 is 48.0 Å². The molecular weight excluding hydrogens is 330 g/mol. The number of thiophene rings is 1. The molecule has 0 unspecified atom stereocenters. The van der Waals surface area contributed by atoms with Gasteiger partial charge in [0, 0.05) is 11.4 Å². The van der Waals surface area contributed by atoms with Crippen LogP contribution >= 0.6 is 11.3 Å². The minimum absolute atomic E-state index is 0.753. The van der Waals surface area contributed by atoms with Crippen molar-refractivity contribution in [2.24, 2.45) is 0 Å². The number of rotatable bonds is 5. The van der Waals surface area contributed by atoms with E-state index in [9.17, 15) is 4.79 Å². The molecule has 0 aliphatic rings. The second kappa shape index (κ2) is 7.15. The summed E-state index contributed by atoms with van der Waals surface area (Å²) in [7, 11) is -0.994. The maximum atomic E-state index is 11.2. The van der Waals surface area contributed by atoms with Crippen LogP contribution in [0.15, 0.2) is 60.7 Å². The average molecular weight is 352 g/mol. The number of benzene rings is 2. The molecule has 0 N–H and O–H groups in total. The predicted octanol–water partition coefficient (Wildman–Crippen LogP) is 5.03. The molecule has 0 aliphatic heterocycles. The molecule has 0 saturated carbocycles. The van der Waals surface area contributed by atoms with Crippen LogP contribution in [0, 0.1) is 6.92 Å². The number of aryl methyl sites for hydroxylation is 1. The topological polar surface area (TPSA) is 20.3 Å². The smallest absolute Gasteiger partial charge is 0.160 e. The molecule has 0 amide bonds. The maximum absolute atomic E-state index is 11.2. The van der Waals surface area contributed by atoms with Gasteiger partial charge in [0.05, 0.1) is 13.7 Å². The number of carbonyl (C=O) groups is 1. The van der Waals surface area contributed by atoms with Crippen LogP contribution in [0.4, 0.5) is 16.4 Å². The summed E-state index contributed by atoms with van der Waals surface area (Å²) in [6.07, 6.45) is 0.924. The Morgan fingerprint density at radius 2 is 1.58 bits per heavy atom. The van der Waals surface area contributed by atoms with Crippen LogP contribution < -0.4 is 10.1 Å². The number of carbonyl (C=O) groups excluding carboxylic acids is 1. The van der Waals surface area contributed by atoms with Gasteiger partial charge >= 0.3 is 0 Å². The lowest BCUT2D eigenvalue weighted by Crippen LogP contribution is -2.29. The highest BCUT2D eigenvalue weighted by atomic mass is 32.1. The molecule has 2 aromatic carbocycles. The van der Waals surface area contributed by atoms with Gasteiger partial charge in [-0.2, -0.15) is 0 Å². The van der Waals surface area contributed by atoms with E-state index in [1.54, 1.807) is 0 Å². The Balaban J connectivity index is 2.23. The lowest BCUT2D eigenvalue weighted by molar-refractivity contribution is 0.112. The van der Waals surface area contributed by atoms with Gasteiger partial charge in [0.25, 0.3) is 0 Å². The summed E-state index contributed by atoms with van der Waals surface area (Å²) in [5.41, 5.74) is 3.62. The van der Waals surface area contributed by atoms with Crippen LogP contribution in [0.25, 0.3) is 0 Å². The molecular formula is C20H21NOSSi. The summed E-state index contributed by atoms with van der Waals surface area (Å²) < 4.78 is 0. The Labute approximate surface area is 149 Å². The summed E-state index contributed by atoms with van der Waals surface area (Å²) in [5.74, 6) is 0. The van der Waals surface area contributed by atoms with E-state index in [-0.39, 0.29) is 0 Å². The van der Waals surface area contributed by atoms with Crippen molar-refractivity contribution in [1.29, 1.82) is 0 Å². The zero-order valence-electron chi connectivity index (χ0n) is 14.2. The second-order valence-electron chi connectivity index (χ2n) is 6.13. The second-order valence-corrected chi connectivity index (χ2v) is 10.2. The maximum Gasteiger partial charge on any atom is 0.160 e. The highest BCUT2D eigenvalue weighted by Gasteiger charge is 2.20. The van der Waals surface area contributed by atoms with E-state index >= 15 is 0 Å². The molecule has 122 valence electrons. The molecule has 1 heterocycles. The summed E-state index contributed by atoms with van der Waals surface area (Å²) in [6.45, 7) is 6.83. The van der Waals surface area contributed by atoms with Gasteiger partial charge in [-0.3, -0.25) is 4.79 Å². The largest absolute Gasteiger partial charge is 0.302 e. The van der Waals surface area contributed by atoms with Gasteiger partial charge in [-0.05, 0) is 41.9 Å². The third kappa shape index (κ3) is 3.20. The fourth-order valence-electron chi connectivity index (χ4n) is 2.89. The zero-order chi connectivity index (χ0) is 17.1. The number of hydrogen-bond donors (Lipinski definition) is 0. The number of nitrogens with zero attached hydrogens (tertiary/aromatic N) is 1. The van der Waals surface area contributed by atoms with Crippen LogP contribution in [-0.4, -0.2) is 15.1 Å². The monoisotopic (exact) mass is 351 g/mol. The molecule has 3 aromatic rings. The molecule has 0 spiro atoms. The van der Waals surface area contributed by atoms with E-state index in [2.05, 4.69) is 73.4 Å². The van der Waals surface area contributed by atoms with Crippen molar-refractivity contribution in [2.75, 3.05) is 4.90 Å². The van der Waals surface area contributed by atoms with Crippen LogP contribution in [0.2, 0.25) is 13.1 Å². The van der Waals surface area contributed by atoms with Gasteiger partial charge in [0.2, 0.25) is 0 Å². The van der Waals surface area contributed by atoms with Crippen molar-refractivity contribution in [3.05, 3.63) is 71.1 Å². The van der Waals surface area contributed by atoms with Crippen molar-refractivity contribution in [3.63, 3.8) is 0 Å². The number of para-hydroxylation sites is 2. The summed E-state index contributed by atoms with van der Waals surface area (Å²) in [4.78, 5) is 14.2. The van der Waals surface area contributed by atoms with Gasteiger partial charge in [0.1, 0.15) is 5.00 Å². The van der Waals surface area contributed by atoms with Gasteiger partial charge in [-0.25, -0.2) is 0 Å². The lowest BCUT2D eigenvalue weighted by Gasteiger charge is -2.28. The minimum Gasteiger partial charge on any atom is -0.302 e. The molecule has 0 radical (unpaired) electrons. The summed E-state index contributed by atoms with van der Waals surface area (Å²) in [6, 6.07) is 21.0. The lowest BCUT2D eigenvalue weighted by atomic mass is 10.1. The first-order valence-electron chi connectivity index (χ1n) is 8.11. The Bertz CT molecular complexity index is 856. The minimum atomic E-state index is -0.994. The Hall–Kier alpha value is -2.17. The first-order chi connectivity index (χ1) is 11.6. The predicted molar refractivity (Wildman–Crippen MR) is 108 cm³/mol. The van der Waals surface area contributed by atoms with E-state index in [1.165, 1.54) is 33.5 Å². The van der Waals surface area contributed by atoms with Gasteiger partial charge in [0.15, 0.2) is 6.29 Å². The van der Waals surface area contributed by atoms with E-state index in [1.807, 2.05) is 12.1 Å². The van der Waals surface area contributed by atoms with E-state index < -0.39 is 8.80 Å². The van der Waals surface area contributed by atoms with Crippen LogP contribution in [-0.2, 0) is 0 Å². The molecule has 3 rings (SSSR count). The zero-order valence-corrected chi connectivity index (χ0v) is 16.2. The van der Waals surface area contributed by atoms with Gasteiger partial charge in [-0.1, -0.05) is 49.5 Å². The first-order valence-corrected chi connectivity index (χ1v) is 11.8. The molecule has 4 heteroatoms. The number of aldehydes is 1. The van der Waals surface area contributed by atoms with Crippen molar-refractivity contribution in [1.82, 2.24) is 0 Å². The van der Waals surface area contributed by atoms with Crippen molar-refractivity contribution < 1.29 is 4.79 Å². The Kier molecular flexibility index (Phi) is 4.97. The number of anilines is 3. The SMILES string of the molecule is Cc1ccccc1N(c1ccc(C=O)s1)c1ccccc1[SiH](C)C. The quantitative estimate of drug-likeness (QED) is 0.474. The molecule has 0 fully saturated rings. The molecule has 0 saturated heterocycles. The van der Waals surface area contributed by atoms with Crippen molar-refractivity contribution in [2.45, 2.75) is 20.0 Å². The molecule has 1 aromatic heterocycles. The Morgan fingerprint density at radius 1 is 0.917 bits per heavy atom. The van der Waals surface area contributed by atoms with Crippen LogP contribution in [0.3, 0.4) is 0 Å². The summed E-state index contributed by atoms with van der Waals surface area (Å²) in [5, 5.41) is 2.51.